The molecule has 39 heavy (non-hydrogen) atoms. The van der Waals surface area contributed by atoms with Gasteiger partial charge in [-0.25, -0.2) is 9.78 Å². The number of rotatable bonds is 9. The zero-order chi connectivity index (χ0) is 28.3. The molecule has 202 valence electrons. The van der Waals surface area contributed by atoms with E-state index in [9.17, 15) is 19.5 Å². The molecule has 1 fully saturated rings. The third-order valence-corrected chi connectivity index (χ3v) is 7.44. The summed E-state index contributed by atoms with van der Waals surface area (Å²) in [5.74, 6) is -2.04. The molecule has 8 nitrogen and oxygen atoms in total. The fourth-order valence-corrected chi connectivity index (χ4v) is 5.30. The maximum absolute atomic E-state index is 13.4. The summed E-state index contributed by atoms with van der Waals surface area (Å²) in [6, 6.07) is 10.7. The third-order valence-electron chi connectivity index (χ3n) is 6.05. The molecule has 2 aromatic carbocycles. The van der Waals surface area contributed by atoms with Crippen molar-refractivity contribution < 1.29 is 29.0 Å². The Hall–Kier alpha value is -3.95. The number of ether oxygens (including phenoxy) is 2. The molecule has 1 aromatic heterocycles. The average Bonchev–Trinajstić information content (AvgIpc) is 3.43. The van der Waals surface area contributed by atoms with Crippen molar-refractivity contribution in [1.29, 1.82) is 0 Å². The summed E-state index contributed by atoms with van der Waals surface area (Å²) in [4.78, 5) is 45.2. The maximum atomic E-state index is 13.4. The van der Waals surface area contributed by atoms with Gasteiger partial charge in [-0.2, -0.15) is 0 Å². The largest absolute Gasteiger partial charge is 0.507 e. The summed E-state index contributed by atoms with van der Waals surface area (Å²) in [5.41, 5.74) is 1.90. The number of aromatic nitrogens is 1. The standard InChI is InChI=1S/C29H27ClN2O6S/c1-5-13-37-21-12-9-19(15-16(21)3)24(33)22-23(18-7-10-20(30)11-8-18)32(27(35)25(22)34)29-31-17(4)26(39-29)28(36)38-14-6-2/h6-12,15,23,33H,2,5,13-14H2,1,3-4H3/t23-/m1/s1. The van der Waals surface area contributed by atoms with E-state index in [-0.39, 0.29) is 27.9 Å². The summed E-state index contributed by atoms with van der Waals surface area (Å²) in [6.07, 6.45) is 2.29. The van der Waals surface area contributed by atoms with Gasteiger partial charge in [0.25, 0.3) is 5.78 Å². The van der Waals surface area contributed by atoms with Crippen LogP contribution in [0.3, 0.4) is 0 Å². The number of aryl methyl sites for hydroxylation is 2. The molecule has 0 radical (unpaired) electrons. The number of hydrogen-bond acceptors (Lipinski definition) is 8. The minimum atomic E-state index is -1.01. The smallest absolute Gasteiger partial charge is 0.350 e. The number of benzene rings is 2. The van der Waals surface area contributed by atoms with E-state index in [1.807, 2.05) is 13.8 Å². The number of thiazole rings is 1. The minimum absolute atomic E-state index is 0.0164. The third kappa shape index (κ3) is 5.60. The molecule has 1 aliphatic heterocycles. The van der Waals surface area contributed by atoms with E-state index in [4.69, 9.17) is 21.1 Å². The van der Waals surface area contributed by atoms with E-state index in [0.29, 0.717) is 34.2 Å². The number of anilines is 1. The summed E-state index contributed by atoms with van der Waals surface area (Å²) < 4.78 is 10.9. The first-order chi connectivity index (χ1) is 18.7. The van der Waals surface area contributed by atoms with Gasteiger partial charge in [-0.15, -0.1) is 0 Å². The molecule has 0 saturated carbocycles. The molecule has 1 amide bonds. The van der Waals surface area contributed by atoms with Crippen LogP contribution in [0.5, 0.6) is 5.75 Å². The lowest BCUT2D eigenvalue weighted by Gasteiger charge is -2.23. The van der Waals surface area contributed by atoms with Crippen molar-refractivity contribution in [1.82, 2.24) is 4.98 Å². The van der Waals surface area contributed by atoms with Crippen LogP contribution in [0.4, 0.5) is 5.13 Å². The number of carbonyl (C=O) groups excluding carboxylic acids is 3. The molecule has 0 aliphatic carbocycles. The fourth-order valence-electron chi connectivity index (χ4n) is 4.19. The van der Waals surface area contributed by atoms with Gasteiger partial charge in [0, 0.05) is 10.6 Å². The lowest BCUT2D eigenvalue weighted by molar-refractivity contribution is -0.132. The van der Waals surface area contributed by atoms with Crippen molar-refractivity contribution >= 4 is 51.5 Å². The number of amides is 1. The van der Waals surface area contributed by atoms with E-state index in [2.05, 4.69) is 11.6 Å². The molecular weight excluding hydrogens is 540 g/mol. The zero-order valence-electron chi connectivity index (χ0n) is 21.7. The second-order valence-corrected chi connectivity index (χ2v) is 10.3. The second kappa shape index (κ2) is 11.8. The molecule has 1 aliphatic rings. The molecule has 0 bridgehead atoms. The van der Waals surface area contributed by atoms with Crippen LogP contribution in [0, 0.1) is 13.8 Å². The van der Waals surface area contributed by atoms with Crippen LogP contribution in [0.25, 0.3) is 5.76 Å². The highest BCUT2D eigenvalue weighted by Crippen LogP contribution is 2.44. The number of nitrogens with zero attached hydrogens (tertiary/aromatic N) is 2. The van der Waals surface area contributed by atoms with Crippen LogP contribution >= 0.6 is 22.9 Å². The first-order valence-corrected chi connectivity index (χ1v) is 13.4. The van der Waals surface area contributed by atoms with E-state index in [1.165, 1.54) is 11.0 Å². The van der Waals surface area contributed by atoms with Crippen molar-refractivity contribution in [2.24, 2.45) is 0 Å². The molecule has 0 spiro atoms. The van der Waals surface area contributed by atoms with Gasteiger partial charge >= 0.3 is 11.9 Å². The van der Waals surface area contributed by atoms with Crippen LogP contribution in [0.2, 0.25) is 5.02 Å². The highest BCUT2D eigenvalue weighted by Gasteiger charge is 2.48. The number of carbonyl (C=O) groups is 3. The monoisotopic (exact) mass is 566 g/mol. The number of Topliss-reactive ketones (excluding diaryl/α,β-unsaturated/α-hetero) is 1. The molecular formula is C29H27ClN2O6S. The Kier molecular flexibility index (Phi) is 8.52. The highest BCUT2D eigenvalue weighted by molar-refractivity contribution is 7.17. The highest BCUT2D eigenvalue weighted by atomic mass is 35.5. The van der Waals surface area contributed by atoms with Gasteiger partial charge in [-0.1, -0.05) is 54.6 Å². The second-order valence-electron chi connectivity index (χ2n) is 8.85. The van der Waals surface area contributed by atoms with E-state index < -0.39 is 23.7 Å². The first kappa shape index (κ1) is 28.1. The summed E-state index contributed by atoms with van der Waals surface area (Å²) in [7, 11) is 0. The zero-order valence-corrected chi connectivity index (χ0v) is 23.3. The molecule has 0 unspecified atom stereocenters. The van der Waals surface area contributed by atoms with E-state index in [0.717, 1.165) is 23.3 Å². The predicted octanol–water partition coefficient (Wildman–Crippen LogP) is 6.17. The number of esters is 1. The SMILES string of the molecule is C=CCOC(=O)c1sc(N2C(=O)C(=O)C(=C(O)c3ccc(OCCC)c(C)c3)[C@H]2c2ccc(Cl)cc2)nc1C. The summed E-state index contributed by atoms with van der Waals surface area (Å²) in [5, 5.41) is 12.0. The van der Waals surface area contributed by atoms with Crippen molar-refractivity contribution in [2.75, 3.05) is 18.1 Å². The molecule has 2 heterocycles. The maximum Gasteiger partial charge on any atom is 0.350 e. The first-order valence-electron chi connectivity index (χ1n) is 12.2. The Morgan fingerprint density at radius 3 is 2.56 bits per heavy atom. The number of hydrogen-bond donors (Lipinski definition) is 1. The van der Waals surface area contributed by atoms with Crippen LogP contribution in [-0.4, -0.2) is 41.0 Å². The quantitative estimate of drug-likeness (QED) is 0.108. The van der Waals surface area contributed by atoms with Gasteiger partial charge in [0.2, 0.25) is 0 Å². The number of aliphatic hydroxyl groups excluding tert-OH is 1. The van der Waals surface area contributed by atoms with E-state index in [1.54, 1.807) is 49.4 Å². The van der Waals surface area contributed by atoms with Gasteiger partial charge in [-0.05, 0) is 61.7 Å². The van der Waals surface area contributed by atoms with Gasteiger partial charge in [0.15, 0.2) is 5.13 Å². The minimum Gasteiger partial charge on any atom is -0.507 e. The number of ketones is 1. The Balaban J connectivity index is 1.85. The van der Waals surface area contributed by atoms with Gasteiger partial charge in [-0.3, -0.25) is 14.5 Å². The van der Waals surface area contributed by atoms with Gasteiger partial charge in [0.05, 0.1) is 23.9 Å². The average molecular weight is 567 g/mol. The molecule has 10 heteroatoms. The van der Waals surface area contributed by atoms with Crippen LogP contribution in [0.1, 0.15) is 51.4 Å². The normalized spacial score (nSPS) is 16.4. The molecule has 1 saturated heterocycles. The van der Waals surface area contributed by atoms with Crippen molar-refractivity contribution in [3.8, 4) is 5.75 Å². The Bertz CT molecular complexity index is 1480. The predicted molar refractivity (Wildman–Crippen MR) is 151 cm³/mol. The molecule has 1 N–H and O–H groups in total. The number of aliphatic hydroxyl groups is 1. The lowest BCUT2D eigenvalue weighted by Crippen LogP contribution is -2.29. The molecule has 1 atom stereocenters. The van der Waals surface area contributed by atoms with Gasteiger partial charge in [0.1, 0.15) is 23.0 Å². The fraction of sp³-hybridized carbons (Fsp3) is 0.241. The van der Waals surface area contributed by atoms with E-state index >= 15 is 0 Å². The Morgan fingerprint density at radius 1 is 1.21 bits per heavy atom. The summed E-state index contributed by atoms with van der Waals surface area (Å²) >= 11 is 7.03. The van der Waals surface area contributed by atoms with Crippen molar-refractivity contribution in [2.45, 2.75) is 33.2 Å². The van der Waals surface area contributed by atoms with Crippen LogP contribution in [0.15, 0.2) is 60.7 Å². The van der Waals surface area contributed by atoms with Crippen molar-refractivity contribution in [3.05, 3.63) is 93.0 Å². The Labute approximate surface area is 235 Å². The van der Waals surface area contributed by atoms with Crippen molar-refractivity contribution in [3.63, 3.8) is 0 Å². The van der Waals surface area contributed by atoms with Crippen LogP contribution < -0.4 is 9.64 Å². The van der Waals surface area contributed by atoms with Gasteiger partial charge < -0.3 is 14.6 Å². The van der Waals surface area contributed by atoms with Crippen LogP contribution in [-0.2, 0) is 14.3 Å². The number of halogens is 1. The topological polar surface area (TPSA) is 106 Å². The molecule has 4 rings (SSSR count). The Morgan fingerprint density at radius 2 is 1.92 bits per heavy atom. The molecule has 3 aromatic rings. The summed E-state index contributed by atoms with van der Waals surface area (Å²) in [6.45, 7) is 9.55. The lowest BCUT2D eigenvalue weighted by atomic mass is 9.95.